The number of benzene rings is 1. The highest BCUT2D eigenvalue weighted by molar-refractivity contribution is 8.14. The molecule has 13 heteroatoms. The number of fused-ring (bicyclic) bond motifs is 1. The zero-order valence-corrected chi connectivity index (χ0v) is 21.4. The van der Waals surface area contributed by atoms with Crippen LogP contribution >= 0.6 is 11.8 Å². The molecule has 5 atom stereocenters. The van der Waals surface area contributed by atoms with Crippen molar-refractivity contribution in [3.8, 4) is 6.07 Å². The summed E-state index contributed by atoms with van der Waals surface area (Å²) >= 11 is 1.38. The third kappa shape index (κ3) is 5.40. The van der Waals surface area contributed by atoms with E-state index >= 15 is 4.39 Å². The summed E-state index contributed by atoms with van der Waals surface area (Å²) in [6.45, 7) is 1.33. The summed E-state index contributed by atoms with van der Waals surface area (Å²) in [6, 6.07) is 8.23. The summed E-state index contributed by atoms with van der Waals surface area (Å²) in [4.78, 5) is 26.3. The highest BCUT2D eigenvalue weighted by atomic mass is 32.2. The van der Waals surface area contributed by atoms with Crippen LogP contribution in [0, 0.1) is 23.1 Å². The molecule has 3 heterocycles. The lowest BCUT2D eigenvalue weighted by atomic mass is 9.99. The third-order valence-corrected chi connectivity index (χ3v) is 7.99. The molecule has 0 radical (unpaired) electrons. The topological polar surface area (TPSA) is 143 Å². The predicted molar refractivity (Wildman–Crippen MR) is 138 cm³/mol. The van der Waals surface area contributed by atoms with Gasteiger partial charge in [-0.3, -0.25) is 14.8 Å². The Morgan fingerprint density at radius 3 is 2.92 bits per heavy atom. The summed E-state index contributed by atoms with van der Waals surface area (Å²) in [5.74, 6) is 5.26. The maximum atomic E-state index is 15.1. The van der Waals surface area contributed by atoms with Crippen LogP contribution in [0.5, 0.6) is 0 Å². The van der Waals surface area contributed by atoms with Crippen molar-refractivity contribution in [1.29, 1.82) is 5.26 Å². The van der Waals surface area contributed by atoms with Gasteiger partial charge >= 0.3 is 0 Å². The van der Waals surface area contributed by atoms with Gasteiger partial charge in [0.2, 0.25) is 5.91 Å². The molecule has 1 aromatic heterocycles. The van der Waals surface area contributed by atoms with Crippen LogP contribution in [0.25, 0.3) is 11.9 Å². The van der Waals surface area contributed by atoms with Gasteiger partial charge in [0.1, 0.15) is 24.8 Å². The molecule has 10 nitrogen and oxygen atoms in total. The van der Waals surface area contributed by atoms with Crippen molar-refractivity contribution in [2.24, 2.45) is 22.5 Å². The molecular weight excluding hydrogens is 514 g/mol. The molecule has 2 fully saturated rings. The van der Waals surface area contributed by atoms with Crippen LogP contribution in [-0.2, 0) is 9.73 Å². The number of aliphatic imine (C=N–C) groups is 1. The highest BCUT2D eigenvalue weighted by Gasteiger charge is 2.69. The molecule has 0 bridgehead atoms. The van der Waals surface area contributed by atoms with Crippen molar-refractivity contribution in [3.63, 3.8) is 0 Å². The summed E-state index contributed by atoms with van der Waals surface area (Å²) in [5.41, 5.74) is 7.21. The maximum absolute atomic E-state index is 15.1. The minimum atomic E-state index is -0.632. The molecule has 2 aromatic rings. The van der Waals surface area contributed by atoms with E-state index in [9.17, 15) is 9.18 Å². The molecule has 1 amide bonds. The van der Waals surface area contributed by atoms with Crippen LogP contribution in [0.2, 0.25) is 0 Å². The summed E-state index contributed by atoms with van der Waals surface area (Å²) in [6.07, 6.45) is 2.84. The second-order valence-corrected chi connectivity index (χ2v) is 10.7. The van der Waals surface area contributed by atoms with E-state index in [4.69, 9.17) is 21.8 Å². The quantitative estimate of drug-likeness (QED) is 0.286. The first-order valence-electron chi connectivity index (χ1n) is 12.1. The molecule has 5 N–H and O–H groups in total. The Morgan fingerprint density at radius 2 is 2.18 bits per heavy atom. The molecular formula is C25H27F2N8O2S+. The lowest BCUT2D eigenvalue weighted by Gasteiger charge is -2.30. The van der Waals surface area contributed by atoms with E-state index in [-0.39, 0.29) is 39.1 Å². The first kappa shape index (κ1) is 26.2. The number of thioether (sulfide) groups is 1. The average molecular weight is 542 g/mol. The van der Waals surface area contributed by atoms with Crippen LogP contribution in [0.3, 0.4) is 0 Å². The number of nitrogens with one attached hydrogen (secondary N) is 1. The first-order chi connectivity index (χ1) is 18.2. The normalized spacial score (nSPS) is 27.3. The average Bonchev–Trinajstić information content (AvgIpc) is 3.66. The number of nitrogens with zero attached hydrogens (tertiary/aromatic N) is 5. The number of amides is 1. The van der Waals surface area contributed by atoms with E-state index in [1.165, 1.54) is 48.3 Å². The third-order valence-electron chi connectivity index (χ3n) is 6.78. The number of amidine groups is 1. The molecule has 1 saturated heterocycles. The van der Waals surface area contributed by atoms with Gasteiger partial charge in [-0.15, -0.1) is 10.9 Å². The Balaban J connectivity index is 1.38. The number of halogens is 2. The van der Waals surface area contributed by atoms with Crippen molar-refractivity contribution < 1.29 is 23.3 Å². The van der Waals surface area contributed by atoms with Gasteiger partial charge in [0.25, 0.3) is 0 Å². The van der Waals surface area contributed by atoms with Crippen molar-refractivity contribution in [3.05, 3.63) is 64.7 Å². The number of nitrogens with two attached hydrogens (primary N) is 2. The highest BCUT2D eigenvalue weighted by Crippen LogP contribution is 2.58. The van der Waals surface area contributed by atoms with Crippen molar-refractivity contribution in [2.75, 3.05) is 26.7 Å². The number of pyridine rings is 1. The standard InChI is InChI=1S/C25H26F2N8O2S/c1-35(30,37-34-8-6-20(36)31-7-9-34)23-21-22(33-25(29)38-24(21)23)16-10-14(2-4-17(16)26)11-18(27)19-5-3-15(12-28)13-32-19/h2-5,10-11,13,21-24H,6-9,30H2,1H3,(H2-,29,31,33,36)/p+1/b18-11-/t21?,22?,23-,24?,35?/m0/s1. The number of quaternary nitrogens is 1. The Kier molecular flexibility index (Phi) is 7.17. The molecule has 2 aliphatic heterocycles. The maximum Gasteiger partial charge on any atom is 0.221 e. The Hall–Kier alpha value is -3.41. The van der Waals surface area contributed by atoms with E-state index in [1.807, 2.05) is 6.07 Å². The molecule has 4 unspecified atom stereocenters. The second-order valence-electron chi connectivity index (χ2n) is 9.55. The molecule has 1 saturated carbocycles. The zero-order chi connectivity index (χ0) is 27.0. The van der Waals surface area contributed by atoms with Gasteiger partial charge in [0, 0.05) is 37.8 Å². The molecule has 1 aromatic carbocycles. The molecule has 38 heavy (non-hydrogen) atoms. The number of hydrogen-bond acceptors (Lipinski definition) is 9. The lowest BCUT2D eigenvalue weighted by Crippen LogP contribution is -2.58. The van der Waals surface area contributed by atoms with Crippen molar-refractivity contribution in [1.82, 2.24) is 15.4 Å². The summed E-state index contributed by atoms with van der Waals surface area (Å²) in [7, 11) is 1.71. The van der Waals surface area contributed by atoms with Gasteiger partial charge in [-0.1, -0.05) is 27.5 Å². The fraction of sp³-hybridized carbons (Fsp3) is 0.360. The van der Waals surface area contributed by atoms with Crippen LogP contribution in [0.1, 0.15) is 34.8 Å². The SMILES string of the molecule is C[N+](N)(ON1CCNC(=O)CC1)[C@@H]1C2SC(N)=NC(c3cc(/C=C(\F)c4ccc(C#N)cn4)ccc3F)C21. The minimum Gasteiger partial charge on any atom is -0.379 e. The molecule has 3 aliphatic rings. The number of carbonyl (C=O) groups is 1. The van der Waals surface area contributed by atoms with Crippen LogP contribution in [0.15, 0.2) is 41.5 Å². The van der Waals surface area contributed by atoms with Crippen molar-refractivity contribution >= 4 is 34.7 Å². The van der Waals surface area contributed by atoms with Gasteiger partial charge in [0.05, 0.1) is 28.5 Å². The molecule has 198 valence electrons. The second kappa shape index (κ2) is 10.4. The fourth-order valence-corrected chi connectivity index (χ4v) is 6.33. The Morgan fingerprint density at radius 1 is 1.37 bits per heavy atom. The predicted octanol–water partition coefficient (Wildman–Crippen LogP) is 2.02. The van der Waals surface area contributed by atoms with E-state index in [2.05, 4.69) is 15.3 Å². The number of rotatable bonds is 6. The van der Waals surface area contributed by atoms with Crippen LogP contribution < -0.4 is 16.9 Å². The first-order valence-corrected chi connectivity index (χ1v) is 12.9. The number of hydroxylamine groups is 4. The van der Waals surface area contributed by atoms with Gasteiger partial charge in [-0.2, -0.15) is 5.26 Å². The Bertz CT molecular complexity index is 1340. The fourth-order valence-electron chi connectivity index (χ4n) is 4.94. The molecule has 5 rings (SSSR count). The van der Waals surface area contributed by atoms with E-state index in [0.29, 0.717) is 42.3 Å². The molecule has 0 spiro atoms. The van der Waals surface area contributed by atoms with E-state index < -0.39 is 17.7 Å². The van der Waals surface area contributed by atoms with Crippen LogP contribution in [-0.4, -0.2) is 63.9 Å². The van der Waals surface area contributed by atoms with Crippen molar-refractivity contribution in [2.45, 2.75) is 23.8 Å². The monoisotopic (exact) mass is 541 g/mol. The number of nitriles is 1. The van der Waals surface area contributed by atoms with Gasteiger partial charge in [0.15, 0.2) is 11.2 Å². The smallest absolute Gasteiger partial charge is 0.221 e. The zero-order valence-electron chi connectivity index (χ0n) is 20.6. The summed E-state index contributed by atoms with van der Waals surface area (Å²) in [5, 5.41) is 13.6. The van der Waals surface area contributed by atoms with Gasteiger partial charge in [-0.05, 0) is 35.9 Å². The van der Waals surface area contributed by atoms with Crippen LogP contribution in [0.4, 0.5) is 8.78 Å². The number of hydrogen-bond donors (Lipinski definition) is 3. The number of carbonyl (C=O) groups excluding carboxylic acids is 1. The largest absolute Gasteiger partial charge is 0.379 e. The Labute approximate surface area is 222 Å². The van der Waals surface area contributed by atoms with E-state index in [0.717, 1.165) is 0 Å². The van der Waals surface area contributed by atoms with Gasteiger partial charge < -0.3 is 11.1 Å². The lowest BCUT2D eigenvalue weighted by molar-refractivity contribution is -1.14. The van der Waals surface area contributed by atoms with E-state index in [1.54, 1.807) is 18.2 Å². The summed E-state index contributed by atoms with van der Waals surface area (Å²) < 4.78 is 29.7. The molecule has 1 aliphatic carbocycles. The number of aromatic nitrogens is 1. The minimum absolute atomic E-state index is 0.0463. The van der Waals surface area contributed by atoms with Gasteiger partial charge in [-0.25, -0.2) is 8.78 Å².